The van der Waals surface area contributed by atoms with E-state index in [0.29, 0.717) is 18.4 Å². The summed E-state index contributed by atoms with van der Waals surface area (Å²) in [5, 5.41) is 3.39. The molecule has 1 fully saturated rings. The van der Waals surface area contributed by atoms with E-state index in [9.17, 15) is 4.79 Å². The van der Waals surface area contributed by atoms with Crippen molar-refractivity contribution >= 4 is 5.97 Å². The molecule has 0 aliphatic carbocycles. The van der Waals surface area contributed by atoms with Crippen molar-refractivity contribution in [2.75, 3.05) is 6.54 Å². The lowest BCUT2D eigenvalue weighted by Crippen LogP contribution is -2.38. The molecule has 0 bridgehead atoms. The molecule has 0 radical (unpaired) electrons. The van der Waals surface area contributed by atoms with E-state index in [1.165, 1.54) is 0 Å². The second-order valence-electron chi connectivity index (χ2n) is 5.54. The summed E-state index contributed by atoms with van der Waals surface area (Å²) < 4.78 is 5.30. The van der Waals surface area contributed by atoms with Crippen molar-refractivity contribution in [1.82, 2.24) is 5.32 Å². The zero-order valence-corrected chi connectivity index (χ0v) is 10.3. The number of hydrogen-bond acceptors (Lipinski definition) is 3. The van der Waals surface area contributed by atoms with Crippen LogP contribution in [0.15, 0.2) is 0 Å². The van der Waals surface area contributed by atoms with E-state index in [1.54, 1.807) is 0 Å². The Labute approximate surface area is 92.6 Å². The molecule has 1 N–H and O–H groups in total. The molecule has 1 aliphatic rings. The van der Waals surface area contributed by atoms with Crippen LogP contribution in [0.25, 0.3) is 0 Å². The molecule has 0 spiro atoms. The average Bonchev–Trinajstić information content (AvgIpc) is 2.05. The van der Waals surface area contributed by atoms with Crippen LogP contribution in [-0.4, -0.2) is 24.2 Å². The Balaban J connectivity index is 2.27. The van der Waals surface area contributed by atoms with E-state index < -0.39 is 0 Å². The van der Waals surface area contributed by atoms with Crippen molar-refractivity contribution in [3.63, 3.8) is 0 Å². The number of esters is 1. The number of rotatable bonds is 2. The second-order valence-corrected chi connectivity index (χ2v) is 5.54. The highest BCUT2D eigenvalue weighted by Crippen LogP contribution is 2.19. The molecule has 1 saturated heterocycles. The van der Waals surface area contributed by atoms with Gasteiger partial charge in [0.25, 0.3) is 0 Å². The van der Waals surface area contributed by atoms with Gasteiger partial charge < -0.3 is 10.1 Å². The molecule has 1 heterocycles. The molecule has 1 aliphatic heterocycles. The molecule has 0 aromatic carbocycles. The summed E-state index contributed by atoms with van der Waals surface area (Å²) >= 11 is 0. The van der Waals surface area contributed by atoms with Gasteiger partial charge in [-0.2, -0.15) is 0 Å². The van der Waals surface area contributed by atoms with Crippen molar-refractivity contribution < 1.29 is 9.53 Å². The van der Waals surface area contributed by atoms with Crippen LogP contribution in [0.5, 0.6) is 0 Å². The smallest absolute Gasteiger partial charge is 0.306 e. The van der Waals surface area contributed by atoms with Crippen LogP contribution in [0, 0.1) is 5.92 Å². The van der Waals surface area contributed by atoms with Crippen molar-refractivity contribution in [3.8, 4) is 0 Å². The van der Waals surface area contributed by atoms with Gasteiger partial charge in [0.15, 0.2) is 0 Å². The summed E-state index contributed by atoms with van der Waals surface area (Å²) in [5.41, 5.74) is -0.355. The van der Waals surface area contributed by atoms with Crippen LogP contribution in [0.3, 0.4) is 0 Å². The second kappa shape index (κ2) is 4.97. The van der Waals surface area contributed by atoms with Gasteiger partial charge in [0.05, 0.1) is 0 Å². The molecule has 2 atom stereocenters. The normalized spacial score (nSPS) is 27.5. The summed E-state index contributed by atoms with van der Waals surface area (Å²) in [5.74, 6) is 0.389. The maximum absolute atomic E-state index is 11.6. The molecule has 0 amide bonds. The third-order valence-electron chi connectivity index (χ3n) is 2.64. The molecule has 15 heavy (non-hydrogen) atoms. The lowest BCUT2D eigenvalue weighted by atomic mass is 9.93. The molecular formula is C12H23NO2. The number of piperidine rings is 1. The summed E-state index contributed by atoms with van der Waals surface area (Å²) in [4.78, 5) is 11.6. The van der Waals surface area contributed by atoms with E-state index in [0.717, 1.165) is 19.4 Å². The first-order valence-electron chi connectivity index (χ1n) is 5.82. The molecule has 88 valence electrons. The zero-order valence-electron chi connectivity index (χ0n) is 10.3. The third kappa shape index (κ3) is 5.17. The van der Waals surface area contributed by atoms with Crippen molar-refractivity contribution in [2.45, 2.75) is 58.6 Å². The molecule has 0 aromatic heterocycles. The Morgan fingerprint density at radius 1 is 1.40 bits per heavy atom. The highest BCUT2D eigenvalue weighted by atomic mass is 16.6. The average molecular weight is 213 g/mol. The highest BCUT2D eigenvalue weighted by Gasteiger charge is 2.23. The SMILES string of the molecule is C[C@H]1CC[C@@H](CC(=O)OC(C)(C)C)CN1. The summed E-state index contributed by atoms with van der Waals surface area (Å²) in [6, 6.07) is 0.597. The van der Waals surface area contributed by atoms with Gasteiger partial charge in [-0.3, -0.25) is 4.79 Å². The Kier molecular flexibility index (Phi) is 4.14. The van der Waals surface area contributed by atoms with Crippen LogP contribution in [-0.2, 0) is 9.53 Å². The Hall–Kier alpha value is -0.570. The Morgan fingerprint density at radius 3 is 2.53 bits per heavy atom. The topological polar surface area (TPSA) is 38.3 Å². The first-order chi connectivity index (χ1) is 6.87. The van der Waals surface area contributed by atoms with Gasteiger partial charge in [0, 0.05) is 12.5 Å². The Morgan fingerprint density at radius 2 is 2.07 bits per heavy atom. The van der Waals surface area contributed by atoms with Gasteiger partial charge in [-0.05, 0) is 53.0 Å². The predicted octanol–water partition coefficient (Wildman–Crippen LogP) is 2.11. The van der Waals surface area contributed by atoms with Crippen LogP contribution < -0.4 is 5.32 Å². The number of ether oxygens (including phenoxy) is 1. The molecule has 0 saturated carbocycles. The first kappa shape index (κ1) is 12.5. The van der Waals surface area contributed by atoms with Crippen molar-refractivity contribution in [2.24, 2.45) is 5.92 Å². The maximum atomic E-state index is 11.6. The lowest BCUT2D eigenvalue weighted by Gasteiger charge is -2.28. The quantitative estimate of drug-likeness (QED) is 0.714. The molecule has 3 heteroatoms. The van der Waals surface area contributed by atoms with Crippen LogP contribution in [0.1, 0.15) is 47.0 Å². The lowest BCUT2D eigenvalue weighted by molar-refractivity contribution is -0.156. The molecule has 3 nitrogen and oxygen atoms in total. The monoisotopic (exact) mass is 213 g/mol. The summed E-state index contributed by atoms with van der Waals surface area (Å²) in [7, 11) is 0. The molecule has 0 aromatic rings. The van der Waals surface area contributed by atoms with Crippen LogP contribution in [0.2, 0.25) is 0 Å². The summed E-state index contributed by atoms with van der Waals surface area (Å²) in [6.45, 7) is 8.86. The van der Waals surface area contributed by atoms with Gasteiger partial charge in [0.2, 0.25) is 0 Å². The minimum atomic E-state index is -0.355. The van der Waals surface area contributed by atoms with Gasteiger partial charge in [-0.1, -0.05) is 0 Å². The van der Waals surface area contributed by atoms with E-state index in [2.05, 4.69) is 12.2 Å². The molecule has 1 rings (SSSR count). The van der Waals surface area contributed by atoms with Crippen molar-refractivity contribution in [3.05, 3.63) is 0 Å². The van der Waals surface area contributed by atoms with Gasteiger partial charge >= 0.3 is 5.97 Å². The fourth-order valence-electron chi connectivity index (χ4n) is 1.85. The largest absolute Gasteiger partial charge is 0.460 e. The predicted molar refractivity (Wildman–Crippen MR) is 60.7 cm³/mol. The minimum Gasteiger partial charge on any atom is -0.460 e. The van der Waals surface area contributed by atoms with Gasteiger partial charge in [-0.15, -0.1) is 0 Å². The molecule has 0 unspecified atom stereocenters. The van der Waals surface area contributed by atoms with Gasteiger partial charge in [0.1, 0.15) is 5.60 Å². The maximum Gasteiger partial charge on any atom is 0.306 e. The number of carbonyl (C=O) groups is 1. The zero-order chi connectivity index (χ0) is 11.5. The number of nitrogens with one attached hydrogen (secondary N) is 1. The number of hydrogen-bond donors (Lipinski definition) is 1. The van der Waals surface area contributed by atoms with Crippen LogP contribution >= 0.6 is 0 Å². The van der Waals surface area contributed by atoms with Gasteiger partial charge in [-0.25, -0.2) is 0 Å². The number of carbonyl (C=O) groups excluding carboxylic acids is 1. The van der Waals surface area contributed by atoms with E-state index in [4.69, 9.17) is 4.74 Å². The fourth-order valence-corrected chi connectivity index (χ4v) is 1.85. The first-order valence-corrected chi connectivity index (χ1v) is 5.82. The highest BCUT2D eigenvalue weighted by molar-refractivity contribution is 5.70. The summed E-state index contributed by atoms with van der Waals surface area (Å²) in [6.07, 6.45) is 2.85. The van der Waals surface area contributed by atoms with E-state index >= 15 is 0 Å². The fraction of sp³-hybridized carbons (Fsp3) is 0.917. The molecular weight excluding hydrogens is 190 g/mol. The van der Waals surface area contributed by atoms with E-state index in [1.807, 2.05) is 20.8 Å². The van der Waals surface area contributed by atoms with Crippen LogP contribution in [0.4, 0.5) is 0 Å². The minimum absolute atomic E-state index is 0.0659. The Bertz CT molecular complexity index is 212. The van der Waals surface area contributed by atoms with E-state index in [-0.39, 0.29) is 11.6 Å². The third-order valence-corrected chi connectivity index (χ3v) is 2.64. The standard InChI is InChI=1S/C12H23NO2/c1-9-5-6-10(8-13-9)7-11(14)15-12(2,3)4/h9-10,13H,5-8H2,1-4H3/t9-,10-/m0/s1. The van der Waals surface area contributed by atoms with Crippen molar-refractivity contribution in [1.29, 1.82) is 0 Å².